The molecule has 1 aliphatic carbocycles. The summed E-state index contributed by atoms with van der Waals surface area (Å²) in [6, 6.07) is 3.85. The van der Waals surface area contributed by atoms with E-state index in [1.807, 2.05) is 0 Å². The number of sulfone groups is 1. The van der Waals surface area contributed by atoms with Crippen molar-refractivity contribution in [1.29, 1.82) is 0 Å². The minimum Gasteiger partial charge on any atom is -0.377 e. The van der Waals surface area contributed by atoms with Crippen LogP contribution >= 0.6 is 23.2 Å². The van der Waals surface area contributed by atoms with Crippen molar-refractivity contribution >= 4 is 44.4 Å². The van der Waals surface area contributed by atoms with Gasteiger partial charge in [0.2, 0.25) is 14.0 Å². The number of anilines is 1. The van der Waals surface area contributed by atoms with Crippen molar-refractivity contribution in [3.63, 3.8) is 0 Å². The van der Waals surface area contributed by atoms with Crippen molar-refractivity contribution in [2.45, 2.75) is 47.2 Å². The summed E-state index contributed by atoms with van der Waals surface area (Å²) < 4.78 is 22.1. The van der Waals surface area contributed by atoms with E-state index in [9.17, 15) is 18.5 Å². The van der Waals surface area contributed by atoms with E-state index in [2.05, 4.69) is 5.32 Å². The second-order valence-electron chi connectivity index (χ2n) is 5.22. The molecule has 0 aromatic heterocycles. The molecule has 0 bridgehead atoms. The van der Waals surface area contributed by atoms with Crippen LogP contribution in [0.5, 0.6) is 0 Å². The summed E-state index contributed by atoms with van der Waals surface area (Å²) in [4.78, 5) is 10.3. The molecule has 0 aliphatic heterocycles. The maximum absolute atomic E-state index is 11.9. The van der Waals surface area contributed by atoms with Crippen molar-refractivity contribution < 1.29 is 13.3 Å². The first-order valence-electron chi connectivity index (χ1n) is 6.89. The lowest BCUT2D eigenvalue weighted by Crippen LogP contribution is -2.22. The summed E-state index contributed by atoms with van der Waals surface area (Å²) in [6.45, 7) is 0. The monoisotopic (exact) mass is 366 g/mol. The quantitative estimate of drug-likeness (QED) is 0.485. The molecule has 1 fully saturated rings. The number of halogens is 2. The number of hydrogen-bond donors (Lipinski definition) is 1. The molecule has 2 rings (SSSR count). The molecule has 0 heterocycles. The second-order valence-corrected chi connectivity index (χ2v) is 8.87. The molecule has 122 valence electrons. The van der Waals surface area contributed by atoms with Gasteiger partial charge in [-0.1, -0.05) is 42.5 Å². The van der Waals surface area contributed by atoms with Gasteiger partial charge < -0.3 is 5.32 Å². The molecule has 1 aromatic carbocycles. The molecule has 0 saturated heterocycles. The van der Waals surface area contributed by atoms with Crippen LogP contribution in [0, 0.1) is 10.1 Å². The summed E-state index contributed by atoms with van der Waals surface area (Å²) in [6.07, 6.45) is 5.23. The van der Waals surface area contributed by atoms with Gasteiger partial charge in [0, 0.05) is 12.1 Å². The zero-order valence-electron chi connectivity index (χ0n) is 11.7. The van der Waals surface area contributed by atoms with E-state index in [4.69, 9.17) is 23.2 Å². The third kappa shape index (κ3) is 3.83. The summed E-state index contributed by atoms with van der Waals surface area (Å²) in [5, 5.41) is 14.4. The lowest BCUT2D eigenvalue weighted by molar-refractivity contribution is -0.384. The molecule has 0 unspecified atom stereocenters. The maximum Gasteiger partial charge on any atom is 0.293 e. The standard InChI is InChI=1S/C13H16Cl2N2O4S/c14-13(15)22(20,21)10-6-7-11(12(8-10)17(18)19)16-9-4-2-1-3-5-9/h6-9,13,16H,1-5H2. The van der Waals surface area contributed by atoms with Crippen molar-refractivity contribution in [2.24, 2.45) is 0 Å². The Balaban J connectivity index is 2.33. The first kappa shape index (κ1) is 17.3. The number of nitro benzene ring substituents is 1. The fourth-order valence-corrected chi connectivity index (χ4v) is 3.89. The molecule has 22 heavy (non-hydrogen) atoms. The van der Waals surface area contributed by atoms with E-state index in [-0.39, 0.29) is 16.6 Å². The van der Waals surface area contributed by atoms with Crippen LogP contribution < -0.4 is 5.32 Å². The largest absolute Gasteiger partial charge is 0.377 e. The Morgan fingerprint density at radius 1 is 1.23 bits per heavy atom. The molecule has 0 amide bonds. The van der Waals surface area contributed by atoms with E-state index >= 15 is 0 Å². The Labute approximate surface area is 138 Å². The average molecular weight is 367 g/mol. The third-order valence-electron chi connectivity index (χ3n) is 3.69. The maximum atomic E-state index is 11.9. The van der Waals surface area contributed by atoms with Crippen LogP contribution in [0.25, 0.3) is 0 Å². The van der Waals surface area contributed by atoms with Crippen LogP contribution in [0.3, 0.4) is 0 Å². The van der Waals surface area contributed by atoms with E-state index in [0.717, 1.165) is 31.7 Å². The van der Waals surface area contributed by atoms with Crippen LogP contribution in [0.1, 0.15) is 32.1 Å². The third-order valence-corrected chi connectivity index (χ3v) is 6.48. The Bertz CT molecular complexity index is 658. The number of alkyl halides is 2. The number of nitrogens with one attached hydrogen (secondary N) is 1. The van der Waals surface area contributed by atoms with Crippen LogP contribution in [0.4, 0.5) is 11.4 Å². The summed E-state index contributed by atoms with van der Waals surface area (Å²) in [5.74, 6) is 0. The zero-order valence-corrected chi connectivity index (χ0v) is 14.0. The molecule has 0 spiro atoms. The number of rotatable bonds is 5. The zero-order chi connectivity index (χ0) is 16.3. The molecule has 1 saturated carbocycles. The Morgan fingerprint density at radius 2 is 1.86 bits per heavy atom. The van der Waals surface area contributed by atoms with Crippen molar-refractivity contribution in [3.05, 3.63) is 28.3 Å². The smallest absolute Gasteiger partial charge is 0.293 e. The van der Waals surface area contributed by atoms with Gasteiger partial charge in [-0.25, -0.2) is 8.42 Å². The first-order valence-corrected chi connectivity index (χ1v) is 9.31. The predicted octanol–water partition coefficient (Wildman–Crippen LogP) is 3.87. The number of hydrogen-bond acceptors (Lipinski definition) is 5. The molecular formula is C13H16Cl2N2O4S. The van der Waals surface area contributed by atoms with Gasteiger partial charge in [-0.3, -0.25) is 10.1 Å². The van der Waals surface area contributed by atoms with Gasteiger partial charge in [0.15, 0.2) is 0 Å². The van der Waals surface area contributed by atoms with Gasteiger partial charge >= 0.3 is 0 Å². The predicted molar refractivity (Wildman–Crippen MR) is 86.3 cm³/mol. The van der Waals surface area contributed by atoms with Crippen molar-refractivity contribution in [2.75, 3.05) is 5.32 Å². The normalized spacial score (nSPS) is 16.7. The van der Waals surface area contributed by atoms with Crippen LogP contribution in [0.15, 0.2) is 23.1 Å². The highest BCUT2D eigenvalue weighted by Gasteiger charge is 2.27. The van der Waals surface area contributed by atoms with Gasteiger partial charge in [-0.15, -0.1) is 0 Å². The highest BCUT2D eigenvalue weighted by molar-refractivity contribution is 7.94. The van der Waals surface area contributed by atoms with Crippen LogP contribution in [-0.2, 0) is 9.84 Å². The molecule has 1 aliphatic rings. The van der Waals surface area contributed by atoms with Crippen LogP contribution in [0.2, 0.25) is 0 Å². The molecule has 1 N–H and O–H groups in total. The molecule has 0 atom stereocenters. The topological polar surface area (TPSA) is 89.3 Å². The van der Waals surface area contributed by atoms with Gasteiger partial charge in [0.25, 0.3) is 5.69 Å². The lowest BCUT2D eigenvalue weighted by atomic mass is 9.95. The molecule has 9 heteroatoms. The van der Waals surface area contributed by atoms with E-state index in [1.165, 1.54) is 18.6 Å². The van der Waals surface area contributed by atoms with Gasteiger partial charge in [-0.05, 0) is 25.0 Å². The number of benzene rings is 1. The average Bonchev–Trinajstić information content (AvgIpc) is 2.48. The van der Waals surface area contributed by atoms with E-state index in [0.29, 0.717) is 5.69 Å². The number of nitro groups is 1. The minimum absolute atomic E-state index is 0.170. The SMILES string of the molecule is O=[N+]([O-])c1cc(S(=O)(=O)C(Cl)Cl)ccc1NC1CCCCC1. The summed E-state index contributed by atoms with van der Waals surface area (Å²) in [7, 11) is -3.98. The van der Waals surface area contributed by atoms with Crippen LogP contribution in [-0.4, -0.2) is 23.6 Å². The fraction of sp³-hybridized carbons (Fsp3) is 0.538. The van der Waals surface area contributed by atoms with Crippen molar-refractivity contribution in [1.82, 2.24) is 0 Å². The fourth-order valence-electron chi connectivity index (χ4n) is 2.53. The molecule has 1 aromatic rings. The highest BCUT2D eigenvalue weighted by atomic mass is 35.5. The summed E-state index contributed by atoms with van der Waals surface area (Å²) in [5.41, 5.74) is 0.0252. The Kier molecular flexibility index (Phi) is 5.52. The first-order chi connectivity index (χ1) is 10.3. The van der Waals surface area contributed by atoms with E-state index < -0.39 is 18.9 Å². The number of nitrogens with zero attached hydrogens (tertiary/aromatic N) is 1. The van der Waals surface area contributed by atoms with Crippen molar-refractivity contribution in [3.8, 4) is 0 Å². The van der Waals surface area contributed by atoms with Gasteiger partial charge in [-0.2, -0.15) is 0 Å². The Morgan fingerprint density at radius 3 is 2.41 bits per heavy atom. The molecular weight excluding hydrogens is 351 g/mol. The molecule has 6 nitrogen and oxygen atoms in total. The minimum atomic E-state index is -3.98. The lowest BCUT2D eigenvalue weighted by Gasteiger charge is -2.23. The summed E-state index contributed by atoms with van der Waals surface area (Å²) >= 11 is 10.8. The van der Waals surface area contributed by atoms with E-state index in [1.54, 1.807) is 0 Å². The van der Waals surface area contributed by atoms with Gasteiger partial charge in [0.1, 0.15) is 5.69 Å². The second kappa shape index (κ2) is 7.02. The Hall–Kier alpha value is -1.05. The molecule has 0 radical (unpaired) electrons. The van der Waals surface area contributed by atoms with Gasteiger partial charge in [0.05, 0.1) is 9.82 Å². The highest BCUT2D eigenvalue weighted by Crippen LogP contribution is 2.32.